The number of aliphatic hydroxyl groups excluding tert-OH is 2. The van der Waals surface area contributed by atoms with Gasteiger partial charge in [-0.2, -0.15) is 0 Å². The van der Waals surface area contributed by atoms with E-state index in [4.69, 9.17) is 5.11 Å². The van der Waals surface area contributed by atoms with Crippen molar-refractivity contribution in [2.75, 3.05) is 6.54 Å². The van der Waals surface area contributed by atoms with Crippen molar-refractivity contribution in [3.05, 3.63) is 0 Å². The molecule has 6 nitrogen and oxygen atoms in total. The summed E-state index contributed by atoms with van der Waals surface area (Å²) in [5, 5.41) is 32.8. The summed E-state index contributed by atoms with van der Waals surface area (Å²) in [5.41, 5.74) is 0.451. The van der Waals surface area contributed by atoms with Crippen molar-refractivity contribution in [2.45, 2.75) is 97.2 Å². The van der Waals surface area contributed by atoms with Crippen LogP contribution in [0.25, 0.3) is 0 Å². The van der Waals surface area contributed by atoms with Crippen LogP contribution in [-0.4, -0.2) is 45.9 Å². The van der Waals surface area contributed by atoms with E-state index < -0.39 is 5.97 Å². The Balaban J connectivity index is 0.00000204. The normalized spacial score (nSPS) is 43.7. The van der Waals surface area contributed by atoms with Gasteiger partial charge in [-0.05, 0) is 104 Å². The number of aliphatic hydroxyl groups is 2. The SMILES string of the molecule is CC(CCC(=O)NCC(=O)O)[C@H]1CCC2C3C(CC[C@@]21C)[C@@]1(C)CC[C@@H](O)CC1C[C@H]3O.[Cl-].[K+]. The van der Waals surface area contributed by atoms with Crippen LogP contribution in [0.3, 0.4) is 0 Å². The monoisotopic (exact) mass is 523 g/mol. The maximum Gasteiger partial charge on any atom is 1.00 e. The Labute approximate surface area is 253 Å². The minimum Gasteiger partial charge on any atom is -1.00 e. The number of amides is 1. The Kier molecular flexibility index (Phi) is 11.0. The molecule has 4 N–H and O–H groups in total. The molecule has 0 heterocycles. The van der Waals surface area contributed by atoms with E-state index >= 15 is 0 Å². The Bertz CT molecular complexity index is 740. The van der Waals surface area contributed by atoms with Crippen molar-refractivity contribution < 1.29 is 88.7 Å². The first kappa shape index (κ1) is 31.0. The summed E-state index contributed by atoms with van der Waals surface area (Å²) in [5.74, 6) is 1.66. The number of aliphatic carboxylic acids is 1. The zero-order valence-electron chi connectivity index (χ0n) is 21.4. The number of hydrogen-bond donors (Lipinski definition) is 4. The predicted molar refractivity (Wildman–Crippen MR) is 122 cm³/mol. The second-order valence-corrected chi connectivity index (χ2v) is 12.1. The largest absolute Gasteiger partial charge is 1.00 e. The van der Waals surface area contributed by atoms with Crippen LogP contribution in [0.15, 0.2) is 0 Å². The molecule has 4 saturated carbocycles. The van der Waals surface area contributed by atoms with Gasteiger partial charge in [0.15, 0.2) is 0 Å². The molecule has 4 aliphatic carbocycles. The molecule has 1 amide bonds. The molecular formula is C26H43ClKNO5. The molecule has 0 radical (unpaired) electrons. The quantitative estimate of drug-likeness (QED) is 0.290. The fourth-order valence-corrected chi connectivity index (χ4v) is 9.00. The van der Waals surface area contributed by atoms with Crippen LogP contribution in [0.2, 0.25) is 0 Å². The molecule has 34 heavy (non-hydrogen) atoms. The van der Waals surface area contributed by atoms with Crippen LogP contribution >= 0.6 is 0 Å². The molecular weight excluding hydrogens is 481 g/mol. The van der Waals surface area contributed by atoms with Gasteiger partial charge in [-0.1, -0.05) is 20.8 Å². The van der Waals surface area contributed by atoms with Crippen molar-refractivity contribution in [1.82, 2.24) is 5.32 Å². The van der Waals surface area contributed by atoms with Gasteiger partial charge in [0.1, 0.15) is 6.54 Å². The fraction of sp³-hybridized carbons (Fsp3) is 0.923. The standard InChI is InChI=1S/C26H43NO5.ClH.K/c1-15(4-7-22(30)27-14-23(31)32)18-5-6-19-24-20(9-11-26(18,19)3)25(2)10-8-17(28)12-16(25)13-21(24)29;;/h15-21,24,28-29H,4-14H2,1-3H3,(H,27,30)(H,31,32);1H;/q;;+1/p-1/t15?,16?,17-,18-,19?,20?,21-,24?,25+,26-;;/m1../s1. The Hall–Kier alpha value is 0.786. The zero-order chi connectivity index (χ0) is 23.3. The van der Waals surface area contributed by atoms with Crippen LogP contribution in [0, 0.1) is 46.3 Å². The smallest absolute Gasteiger partial charge is 1.00 e. The van der Waals surface area contributed by atoms with Crippen LogP contribution in [0.4, 0.5) is 0 Å². The molecule has 0 aliphatic heterocycles. The molecule has 8 heteroatoms. The second-order valence-electron chi connectivity index (χ2n) is 12.1. The van der Waals surface area contributed by atoms with Crippen molar-refractivity contribution in [3.63, 3.8) is 0 Å². The first-order valence-corrected chi connectivity index (χ1v) is 12.9. The number of halogens is 1. The first-order valence-electron chi connectivity index (χ1n) is 12.9. The molecule has 0 saturated heterocycles. The number of hydrogen-bond acceptors (Lipinski definition) is 4. The molecule has 0 spiro atoms. The van der Waals surface area contributed by atoms with Crippen molar-refractivity contribution in [2.24, 2.45) is 46.3 Å². The van der Waals surface area contributed by atoms with E-state index in [2.05, 4.69) is 26.1 Å². The van der Waals surface area contributed by atoms with Gasteiger partial charge in [-0.25, -0.2) is 0 Å². The van der Waals surface area contributed by atoms with Crippen LogP contribution in [0.1, 0.15) is 85.0 Å². The number of nitrogens with one attached hydrogen (secondary N) is 1. The summed E-state index contributed by atoms with van der Waals surface area (Å²) in [6.07, 6.45) is 9.06. The maximum absolute atomic E-state index is 12.0. The van der Waals surface area contributed by atoms with E-state index in [0.717, 1.165) is 44.9 Å². The maximum atomic E-state index is 12.0. The van der Waals surface area contributed by atoms with Gasteiger partial charge >= 0.3 is 57.4 Å². The van der Waals surface area contributed by atoms with Gasteiger partial charge in [0.05, 0.1) is 12.2 Å². The van der Waals surface area contributed by atoms with Gasteiger partial charge in [-0.3, -0.25) is 9.59 Å². The van der Waals surface area contributed by atoms with Gasteiger partial charge < -0.3 is 33.0 Å². The van der Waals surface area contributed by atoms with Crippen LogP contribution in [-0.2, 0) is 9.59 Å². The van der Waals surface area contributed by atoms with E-state index in [0.29, 0.717) is 41.9 Å². The average Bonchev–Trinajstić information content (AvgIpc) is 3.09. The summed E-state index contributed by atoms with van der Waals surface area (Å²) in [6, 6.07) is 0. The Morgan fingerprint density at radius 1 is 1.00 bits per heavy atom. The predicted octanol–water partition coefficient (Wildman–Crippen LogP) is -2.40. The van der Waals surface area contributed by atoms with E-state index in [-0.39, 0.29) is 99.3 Å². The summed E-state index contributed by atoms with van der Waals surface area (Å²) in [4.78, 5) is 22.7. The van der Waals surface area contributed by atoms with Gasteiger partial charge in [0.2, 0.25) is 5.91 Å². The molecule has 4 rings (SSSR count). The Morgan fingerprint density at radius 2 is 1.65 bits per heavy atom. The summed E-state index contributed by atoms with van der Waals surface area (Å²) < 4.78 is 0. The van der Waals surface area contributed by atoms with Crippen molar-refractivity contribution in [3.8, 4) is 0 Å². The van der Waals surface area contributed by atoms with Crippen LogP contribution < -0.4 is 69.1 Å². The summed E-state index contributed by atoms with van der Waals surface area (Å²) in [7, 11) is 0. The second kappa shape index (κ2) is 12.1. The minimum atomic E-state index is -1.01. The molecule has 0 aromatic carbocycles. The third-order valence-electron chi connectivity index (χ3n) is 10.7. The van der Waals surface area contributed by atoms with Crippen LogP contribution in [0.5, 0.6) is 0 Å². The molecule has 0 aromatic heterocycles. The van der Waals surface area contributed by atoms with E-state index in [1.165, 1.54) is 12.8 Å². The van der Waals surface area contributed by atoms with Crippen molar-refractivity contribution >= 4 is 11.9 Å². The first-order chi connectivity index (χ1) is 15.1. The molecule has 4 aliphatic rings. The van der Waals surface area contributed by atoms with E-state index in [1.54, 1.807) is 0 Å². The van der Waals surface area contributed by atoms with Crippen molar-refractivity contribution in [1.29, 1.82) is 0 Å². The number of carboxylic acid groups (broad SMARTS) is 1. The molecule has 0 bridgehead atoms. The summed E-state index contributed by atoms with van der Waals surface area (Å²) >= 11 is 0. The minimum absolute atomic E-state index is 0. The topological polar surface area (TPSA) is 107 Å². The zero-order valence-corrected chi connectivity index (χ0v) is 25.3. The molecule has 5 unspecified atom stereocenters. The number of fused-ring (bicyclic) bond motifs is 5. The Morgan fingerprint density at radius 3 is 2.32 bits per heavy atom. The van der Waals surface area contributed by atoms with Gasteiger partial charge in [0, 0.05) is 6.42 Å². The third-order valence-corrected chi connectivity index (χ3v) is 10.7. The summed E-state index contributed by atoms with van der Waals surface area (Å²) in [6.45, 7) is 6.83. The third kappa shape index (κ3) is 5.77. The number of carbonyl (C=O) groups excluding carboxylic acids is 1. The number of carboxylic acids is 1. The molecule has 190 valence electrons. The van der Waals surface area contributed by atoms with Gasteiger partial charge in [0.25, 0.3) is 0 Å². The van der Waals surface area contributed by atoms with E-state index in [9.17, 15) is 19.8 Å². The molecule has 10 atom stereocenters. The fourth-order valence-electron chi connectivity index (χ4n) is 9.00. The average molecular weight is 524 g/mol. The molecule has 4 fully saturated rings. The number of rotatable bonds is 6. The van der Waals surface area contributed by atoms with Gasteiger partial charge in [-0.15, -0.1) is 0 Å². The molecule has 0 aromatic rings. The number of carbonyl (C=O) groups is 2. The van der Waals surface area contributed by atoms with E-state index in [1.807, 2.05) is 0 Å².